The number of pyridine rings is 1. The van der Waals surface area contributed by atoms with Crippen LogP contribution in [0, 0.1) is 12.8 Å². The van der Waals surface area contributed by atoms with Crippen molar-refractivity contribution < 1.29 is 9.53 Å². The molecule has 0 atom stereocenters. The first-order valence-corrected chi connectivity index (χ1v) is 8.28. The van der Waals surface area contributed by atoms with Crippen LogP contribution in [0.4, 0.5) is 10.6 Å². The van der Waals surface area contributed by atoms with E-state index in [9.17, 15) is 4.79 Å². The van der Waals surface area contributed by atoms with Gasteiger partial charge in [-0.1, -0.05) is 19.3 Å². The standard InChI is InChI=1S/C18H28N2O2/c1-14-10-11-19-16(12-14)20(17(21)22-18(2,3)4)13-15-8-6-5-7-9-15/h10-12,15H,5-9,13H2,1-4H3. The molecule has 1 aromatic heterocycles. The highest BCUT2D eigenvalue weighted by atomic mass is 16.6. The van der Waals surface area contributed by atoms with E-state index in [0.717, 1.165) is 5.56 Å². The Morgan fingerprint density at radius 2 is 2.00 bits per heavy atom. The number of nitrogens with zero attached hydrogens (tertiary/aromatic N) is 2. The Bertz CT molecular complexity index is 502. The molecule has 0 aliphatic heterocycles. The van der Waals surface area contributed by atoms with Crippen molar-refractivity contribution in [2.45, 2.75) is 65.4 Å². The molecule has 0 unspecified atom stereocenters. The number of aromatic nitrogens is 1. The average molecular weight is 304 g/mol. The zero-order chi connectivity index (χ0) is 16.2. The van der Waals surface area contributed by atoms with E-state index in [4.69, 9.17) is 4.74 Å². The highest BCUT2D eigenvalue weighted by Crippen LogP contribution is 2.27. The van der Waals surface area contributed by atoms with Gasteiger partial charge in [-0.05, 0) is 64.2 Å². The minimum atomic E-state index is -0.494. The van der Waals surface area contributed by atoms with E-state index in [1.54, 1.807) is 11.1 Å². The van der Waals surface area contributed by atoms with Crippen LogP contribution in [-0.2, 0) is 4.74 Å². The number of amides is 1. The van der Waals surface area contributed by atoms with Gasteiger partial charge in [0.25, 0.3) is 0 Å². The normalized spacial score (nSPS) is 16.4. The maximum Gasteiger partial charge on any atom is 0.416 e. The molecule has 1 aliphatic rings. The van der Waals surface area contributed by atoms with Gasteiger partial charge in [0.05, 0.1) is 0 Å². The molecule has 1 fully saturated rings. The molecule has 2 rings (SSSR count). The van der Waals surface area contributed by atoms with Crippen molar-refractivity contribution in [3.63, 3.8) is 0 Å². The fourth-order valence-electron chi connectivity index (χ4n) is 2.87. The zero-order valence-corrected chi connectivity index (χ0v) is 14.3. The molecule has 4 heteroatoms. The van der Waals surface area contributed by atoms with E-state index in [1.807, 2.05) is 39.8 Å². The molecular formula is C18H28N2O2. The summed E-state index contributed by atoms with van der Waals surface area (Å²) in [7, 11) is 0. The number of anilines is 1. The summed E-state index contributed by atoms with van der Waals surface area (Å²) in [6.45, 7) is 8.40. The van der Waals surface area contributed by atoms with Crippen LogP contribution in [0.1, 0.15) is 58.4 Å². The lowest BCUT2D eigenvalue weighted by molar-refractivity contribution is 0.0571. The van der Waals surface area contributed by atoms with E-state index in [2.05, 4.69) is 4.98 Å². The summed E-state index contributed by atoms with van der Waals surface area (Å²) in [5.74, 6) is 1.24. The average Bonchev–Trinajstić information content (AvgIpc) is 2.44. The van der Waals surface area contributed by atoms with Crippen LogP contribution < -0.4 is 4.90 Å². The molecule has 4 nitrogen and oxygen atoms in total. The van der Waals surface area contributed by atoms with Crippen LogP contribution >= 0.6 is 0 Å². The first-order chi connectivity index (χ1) is 10.3. The molecule has 0 radical (unpaired) electrons. The molecule has 0 bridgehead atoms. The molecule has 122 valence electrons. The third kappa shape index (κ3) is 5.00. The van der Waals surface area contributed by atoms with Crippen molar-refractivity contribution in [2.75, 3.05) is 11.4 Å². The number of hydrogen-bond acceptors (Lipinski definition) is 3. The Morgan fingerprint density at radius 3 is 2.59 bits per heavy atom. The van der Waals surface area contributed by atoms with Crippen LogP contribution in [0.15, 0.2) is 18.3 Å². The Labute approximate surface area is 133 Å². The molecular weight excluding hydrogens is 276 g/mol. The molecule has 1 heterocycles. The van der Waals surface area contributed by atoms with Gasteiger partial charge in [-0.15, -0.1) is 0 Å². The largest absolute Gasteiger partial charge is 0.443 e. The van der Waals surface area contributed by atoms with Gasteiger partial charge < -0.3 is 4.74 Å². The molecule has 0 saturated heterocycles. The molecule has 22 heavy (non-hydrogen) atoms. The summed E-state index contributed by atoms with van der Waals surface area (Å²) >= 11 is 0. The topological polar surface area (TPSA) is 42.4 Å². The van der Waals surface area contributed by atoms with Gasteiger partial charge in [-0.25, -0.2) is 9.78 Å². The van der Waals surface area contributed by atoms with E-state index in [1.165, 1.54) is 32.1 Å². The van der Waals surface area contributed by atoms with Crippen LogP contribution in [0.25, 0.3) is 0 Å². The first-order valence-electron chi connectivity index (χ1n) is 8.28. The maximum absolute atomic E-state index is 12.6. The Morgan fingerprint density at radius 1 is 1.32 bits per heavy atom. The van der Waals surface area contributed by atoms with Crippen molar-refractivity contribution in [2.24, 2.45) is 5.92 Å². The van der Waals surface area contributed by atoms with E-state index in [0.29, 0.717) is 18.3 Å². The third-order valence-corrected chi connectivity index (χ3v) is 3.96. The first kappa shape index (κ1) is 16.8. The number of aryl methyl sites for hydroxylation is 1. The van der Waals surface area contributed by atoms with E-state index < -0.39 is 5.60 Å². The van der Waals surface area contributed by atoms with Gasteiger partial charge in [0.15, 0.2) is 0 Å². The van der Waals surface area contributed by atoms with Gasteiger partial charge >= 0.3 is 6.09 Å². The SMILES string of the molecule is Cc1ccnc(N(CC2CCCCC2)C(=O)OC(C)(C)C)c1. The molecule has 1 aliphatic carbocycles. The van der Waals surface area contributed by atoms with Crippen LogP contribution in [-0.4, -0.2) is 23.2 Å². The fourth-order valence-corrected chi connectivity index (χ4v) is 2.87. The highest BCUT2D eigenvalue weighted by molar-refractivity contribution is 5.86. The van der Waals surface area contributed by atoms with Crippen molar-refractivity contribution in [1.29, 1.82) is 0 Å². The van der Waals surface area contributed by atoms with Gasteiger partial charge in [-0.2, -0.15) is 0 Å². The molecule has 1 saturated carbocycles. The molecule has 0 spiro atoms. The van der Waals surface area contributed by atoms with Crippen molar-refractivity contribution in [3.8, 4) is 0 Å². The lowest BCUT2D eigenvalue weighted by atomic mass is 9.89. The number of carbonyl (C=O) groups is 1. The lowest BCUT2D eigenvalue weighted by Gasteiger charge is -2.31. The predicted octanol–water partition coefficient (Wildman–Crippen LogP) is 4.71. The van der Waals surface area contributed by atoms with Gasteiger partial charge in [-0.3, -0.25) is 4.90 Å². The Hall–Kier alpha value is -1.58. The second kappa shape index (κ2) is 7.12. The number of carbonyl (C=O) groups excluding carboxylic acids is 1. The molecule has 0 aromatic carbocycles. The fraction of sp³-hybridized carbons (Fsp3) is 0.667. The Kier molecular flexibility index (Phi) is 5.43. The molecule has 0 N–H and O–H groups in total. The number of rotatable bonds is 3. The summed E-state index contributed by atoms with van der Waals surface area (Å²) in [6, 6.07) is 3.89. The van der Waals surface area contributed by atoms with Crippen LogP contribution in [0.3, 0.4) is 0 Å². The molecule has 1 amide bonds. The number of ether oxygens (including phenoxy) is 1. The summed E-state index contributed by atoms with van der Waals surface area (Å²) in [4.78, 5) is 18.7. The third-order valence-electron chi connectivity index (χ3n) is 3.96. The second-order valence-corrected chi connectivity index (χ2v) is 7.29. The van der Waals surface area contributed by atoms with E-state index >= 15 is 0 Å². The predicted molar refractivity (Wildman–Crippen MR) is 89.1 cm³/mol. The molecule has 1 aromatic rings. The van der Waals surface area contributed by atoms with Crippen LogP contribution in [0.2, 0.25) is 0 Å². The summed E-state index contributed by atoms with van der Waals surface area (Å²) in [5.41, 5.74) is 0.605. The minimum Gasteiger partial charge on any atom is -0.443 e. The van der Waals surface area contributed by atoms with E-state index in [-0.39, 0.29) is 6.09 Å². The summed E-state index contributed by atoms with van der Waals surface area (Å²) in [5, 5.41) is 0. The van der Waals surface area contributed by atoms with Crippen molar-refractivity contribution >= 4 is 11.9 Å². The van der Waals surface area contributed by atoms with Crippen molar-refractivity contribution in [3.05, 3.63) is 23.9 Å². The lowest BCUT2D eigenvalue weighted by Crippen LogP contribution is -2.40. The number of hydrogen-bond donors (Lipinski definition) is 0. The van der Waals surface area contributed by atoms with Gasteiger partial charge in [0.2, 0.25) is 0 Å². The smallest absolute Gasteiger partial charge is 0.416 e. The summed E-state index contributed by atoms with van der Waals surface area (Å²) < 4.78 is 5.58. The van der Waals surface area contributed by atoms with Crippen molar-refractivity contribution in [1.82, 2.24) is 4.98 Å². The minimum absolute atomic E-state index is 0.295. The Balaban J connectivity index is 2.17. The summed E-state index contributed by atoms with van der Waals surface area (Å²) in [6.07, 6.45) is 7.66. The van der Waals surface area contributed by atoms with Gasteiger partial charge in [0.1, 0.15) is 11.4 Å². The quantitative estimate of drug-likeness (QED) is 0.812. The van der Waals surface area contributed by atoms with Crippen LogP contribution in [0.5, 0.6) is 0 Å². The highest BCUT2D eigenvalue weighted by Gasteiger charge is 2.27. The monoisotopic (exact) mass is 304 g/mol. The zero-order valence-electron chi connectivity index (χ0n) is 14.3. The van der Waals surface area contributed by atoms with Gasteiger partial charge in [0, 0.05) is 12.7 Å². The second-order valence-electron chi connectivity index (χ2n) is 7.29. The maximum atomic E-state index is 12.6.